The summed E-state index contributed by atoms with van der Waals surface area (Å²) in [5.41, 5.74) is 1.21. The van der Waals surface area contributed by atoms with Crippen LogP contribution in [0.25, 0.3) is 0 Å². The zero-order valence-corrected chi connectivity index (χ0v) is 10.6. The first-order chi connectivity index (χ1) is 8.28. The maximum atomic E-state index is 8.87. The Hall–Kier alpha value is -0.680. The van der Waals surface area contributed by atoms with E-state index in [0.717, 1.165) is 39.3 Å². The third-order valence-electron chi connectivity index (χ3n) is 3.08. The summed E-state index contributed by atoms with van der Waals surface area (Å²) in [5, 5.41) is 9.43. The van der Waals surface area contributed by atoms with Crippen LogP contribution >= 0.6 is 11.6 Å². The van der Waals surface area contributed by atoms with Gasteiger partial charge >= 0.3 is 0 Å². The quantitative estimate of drug-likeness (QED) is 0.810. The van der Waals surface area contributed by atoms with Gasteiger partial charge < -0.3 is 5.11 Å². The Morgan fingerprint density at radius 3 is 2.59 bits per heavy atom. The van der Waals surface area contributed by atoms with Gasteiger partial charge in [-0.05, 0) is 17.7 Å². The van der Waals surface area contributed by atoms with Gasteiger partial charge in [0.05, 0.1) is 6.61 Å². The van der Waals surface area contributed by atoms with Crippen LogP contribution in [0.15, 0.2) is 18.3 Å². The predicted molar refractivity (Wildman–Crippen MR) is 68.0 cm³/mol. The molecule has 17 heavy (non-hydrogen) atoms. The maximum absolute atomic E-state index is 8.87. The van der Waals surface area contributed by atoms with Gasteiger partial charge in [-0.25, -0.2) is 4.98 Å². The lowest BCUT2D eigenvalue weighted by molar-refractivity contribution is 0.108. The van der Waals surface area contributed by atoms with E-state index in [9.17, 15) is 0 Å². The highest BCUT2D eigenvalue weighted by Crippen LogP contribution is 2.11. The number of aromatic nitrogens is 1. The van der Waals surface area contributed by atoms with Crippen LogP contribution in [0, 0.1) is 0 Å². The maximum Gasteiger partial charge on any atom is 0.129 e. The van der Waals surface area contributed by atoms with Gasteiger partial charge in [0.2, 0.25) is 0 Å². The van der Waals surface area contributed by atoms with Crippen molar-refractivity contribution in [1.29, 1.82) is 0 Å². The molecule has 0 bridgehead atoms. The zero-order valence-electron chi connectivity index (χ0n) is 9.85. The third-order valence-corrected chi connectivity index (χ3v) is 3.28. The molecule has 0 saturated carbocycles. The normalized spacial score (nSPS) is 18.5. The van der Waals surface area contributed by atoms with Crippen LogP contribution in [0.5, 0.6) is 0 Å². The van der Waals surface area contributed by atoms with Crippen LogP contribution < -0.4 is 0 Å². The fraction of sp³-hybridized carbons (Fsp3) is 0.583. The number of rotatable bonds is 4. The molecule has 0 spiro atoms. The molecule has 1 aliphatic heterocycles. The van der Waals surface area contributed by atoms with E-state index >= 15 is 0 Å². The van der Waals surface area contributed by atoms with Gasteiger partial charge in [0.25, 0.3) is 0 Å². The molecule has 0 unspecified atom stereocenters. The third kappa shape index (κ3) is 3.92. The zero-order chi connectivity index (χ0) is 12.1. The molecule has 2 heterocycles. The van der Waals surface area contributed by atoms with E-state index in [0.29, 0.717) is 5.15 Å². The molecule has 1 aromatic rings. The first kappa shape index (κ1) is 12.8. The lowest BCUT2D eigenvalue weighted by atomic mass is 10.2. The summed E-state index contributed by atoms with van der Waals surface area (Å²) in [5.74, 6) is 0. The highest BCUT2D eigenvalue weighted by molar-refractivity contribution is 6.29. The second-order valence-electron chi connectivity index (χ2n) is 4.33. The van der Waals surface area contributed by atoms with Crippen LogP contribution in [0.2, 0.25) is 5.15 Å². The van der Waals surface area contributed by atoms with Crippen molar-refractivity contribution in [2.75, 3.05) is 39.3 Å². The van der Waals surface area contributed by atoms with Crippen LogP contribution in [0.1, 0.15) is 5.56 Å². The number of aliphatic hydroxyl groups excluding tert-OH is 1. The Balaban J connectivity index is 1.82. The number of piperazine rings is 1. The van der Waals surface area contributed by atoms with E-state index in [4.69, 9.17) is 16.7 Å². The summed E-state index contributed by atoms with van der Waals surface area (Å²) < 4.78 is 0. The first-order valence-electron chi connectivity index (χ1n) is 5.94. The van der Waals surface area contributed by atoms with Crippen LogP contribution in [-0.4, -0.2) is 59.2 Å². The molecule has 0 atom stereocenters. The second kappa shape index (κ2) is 6.31. The lowest BCUT2D eigenvalue weighted by Gasteiger charge is -2.34. The lowest BCUT2D eigenvalue weighted by Crippen LogP contribution is -2.46. The molecule has 5 heteroatoms. The molecule has 2 rings (SSSR count). The smallest absolute Gasteiger partial charge is 0.129 e. The summed E-state index contributed by atoms with van der Waals surface area (Å²) >= 11 is 5.86. The van der Waals surface area contributed by atoms with E-state index in [1.165, 1.54) is 5.56 Å². The minimum Gasteiger partial charge on any atom is -0.395 e. The largest absolute Gasteiger partial charge is 0.395 e. The van der Waals surface area contributed by atoms with Crippen LogP contribution in [0.4, 0.5) is 0 Å². The molecular formula is C12H18ClN3O. The van der Waals surface area contributed by atoms with Gasteiger partial charge in [0, 0.05) is 45.5 Å². The highest BCUT2D eigenvalue weighted by atomic mass is 35.5. The molecular weight excluding hydrogens is 238 g/mol. The summed E-state index contributed by atoms with van der Waals surface area (Å²) in [6.07, 6.45) is 1.75. The average Bonchev–Trinajstić information content (AvgIpc) is 2.32. The van der Waals surface area contributed by atoms with Crippen LogP contribution in [0.3, 0.4) is 0 Å². The minimum absolute atomic E-state index is 0.250. The number of halogens is 1. The monoisotopic (exact) mass is 255 g/mol. The standard InChI is InChI=1S/C12H18ClN3O/c13-12-9-11(1-2-14-12)10-16-5-3-15(4-6-16)7-8-17/h1-2,9,17H,3-8,10H2. The topological polar surface area (TPSA) is 39.6 Å². The molecule has 0 aromatic carbocycles. The molecule has 1 fully saturated rings. The minimum atomic E-state index is 0.250. The van der Waals surface area contributed by atoms with Gasteiger partial charge in [-0.3, -0.25) is 9.80 Å². The van der Waals surface area contributed by atoms with E-state index in [2.05, 4.69) is 14.8 Å². The Morgan fingerprint density at radius 2 is 1.94 bits per heavy atom. The average molecular weight is 256 g/mol. The van der Waals surface area contributed by atoms with Crippen molar-refractivity contribution in [2.45, 2.75) is 6.54 Å². The van der Waals surface area contributed by atoms with E-state index < -0.39 is 0 Å². The fourth-order valence-electron chi connectivity index (χ4n) is 2.11. The summed E-state index contributed by atoms with van der Waals surface area (Å²) in [4.78, 5) is 8.67. The van der Waals surface area contributed by atoms with Crippen LogP contribution in [-0.2, 0) is 6.54 Å². The highest BCUT2D eigenvalue weighted by Gasteiger charge is 2.16. The molecule has 1 N–H and O–H groups in total. The van der Waals surface area contributed by atoms with Crippen molar-refractivity contribution in [3.63, 3.8) is 0 Å². The molecule has 94 valence electrons. The Morgan fingerprint density at radius 1 is 1.24 bits per heavy atom. The van der Waals surface area contributed by atoms with E-state index in [-0.39, 0.29) is 6.61 Å². The van der Waals surface area contributed by atoms with Gasteiger partial charge in [-0.2, -0.15) is 0 Å². The Bertz CT molecular complexity index is 353. The summed E-state index contributed by atoms with van der Waals surface area (Å²) in [7, 11) is 0. The summed E-state index contributed by atoms with van der Waals surface area (Å²) in [6.45, 7) is 6.10. The molecule has 1 aromatic heterocycles. The van der Waals surface area contributed by atoms with Crippen molar-refractivity contribution in [2.24, 2.45) is 0 Å². The molecule has 4 nitrogen and oxygen atoms in total. The van der Waals surface area contributed by atoms with Crippen molar-refractivity contribution < 1.29 is 5.11 Å². The number of pyridine rings is 1. The number of hydrogen-bond acceptors (Lipinski definition) is 4. The first-order valence-corrected chi connectivity index (χ1v) is 6.32. The Labute approximate surface area is 107 Å². The SMILES string of the molecule is OCCN1CCN(Cc2ccnc(Cl)c2)CC1. The molecule has 0 amide bonds. The van der Waals surface area contributed by atoms with Gasteiger partial charge in [0.15, 0.2) is 0 Å². The number of hydrogen-bond donors (Lipinski definition) is 1. The molecule has 1 aliphatic rings. The molecule has 0 aliphatic carbocycles. The van der Waals surface area contributed by atoms with Gasteiger partial charge in [0.1, 0.15) is 5.15 Å². The number of β-amino-alcohol motifs (C(OH)–C–C–N with tert-alkyl or cyclic N) is 1. The number of aliphatic hydroxyl groups is 1. The van der Waals surface area contributed by atoms with Gasteiger partial charge in [-0.15, -0.1) is 0 Å². The van der Waals surface area contributed by atoms with Crippen molar-refractivity contribution in [3.8, 4) is 0 Å². The van der Waals surface area contributed by atoms with E-state index in [1.54, 1.807) is 6.20 Å². The summed E-state index contributed by atoms with van der Waals surface area (Å²) in [6, 6.07) is 3.92. The second-order valence-corrected chi connectivity index (χ2v) is 4.72. The fourth-order valence-corrected chi connectivity index (χ4v) is 2.31. The Kier molecular flexibility index (Phi) is 4.74. The van der Waals surface area contributed by atoms with Crippen molar-refractivity contribution >= 4 is 11.6 Å². The van der Waals surface area contributed by atoms with Gasteiger partial charge in [-0.1, -0.05) is 11.6 Å². The van der Waals surface area contributed by atoms with Crippen molar-refractivity contribution in [3.05, 3.63) is 29.0 Å². The number of nitrogens with zero attached hydrogens (tertiary/aromatic N) is 3. The molecule has 1 saturated heterocycles. The molecule has 0 radical (unpaired) electrons. The van der Waals surface area contributed by atoms with E-state index in [1.807, 2.05) is 12.1 Å². The predicted octanol–water partition coefficient (Wildman–Crippen LogP) is 0.845. The van der Waals surface area contributed by atoms with Crippen molar-refractivity contribution in [1.82, 2.24) is 14.8 Å².